The molecule has 1 N–H and O–H groups in total. The van der Waals surface area contributed by atoms with E-state index in [0.717, 1.165) is 43.0 Å². The van der Waals surface area contributed by atoms with Crippen molar-refractivity contribution in [1.82, 2.24) is 15.5 Å². The summed E-state index contributed by atoms with van der Waals surface area (Å²) in [4.78, 5) is 0. The molecule has 0 saturated heterocycles. The van der Waals surface area contributed by atoms with Gasteiger partial charge in [0, 0.05) is 5.92 Å². The van der Waals surface area contributed by atoms with Gasteiger partial charge in [0.2, 0.25) is 11.8 Å². The number of nitrogens with zero attached hydrogens (tertiary/aromatic N) is 2. The fraction of sp³-hybridized carbons (Fsp3) is 0.867. The number of rotatable bonds is 6. The van der Waals surface area contributed by atoms with Crippen LogP contribution in [-0.4, -0.2) is 16.7 Å². The fourth-order valence-electron chi connectivity index (χ4n) is 3.81. The SMILES string of the molecule is CCCNC(CC)c1nnc(C2CC3CCC2C3)o1. The van der Waals surface area contributed by atoms with E-state index in [2.05, 4.69) is 29.4 Å². The van der Waals surface area contributed by atoms with E-state index in [-0.39, 0.29) is 6.04 Å². The molecule has 2 bridgehead atoms. The molecule has 2 saturated carbocycles. The van der Waals surface area contributed by atoms with Crippen LogP contribution in [-0.2, 0) is 0 Å². The zero-order chi connectivity index (χ0) is 13.2. The number of nitrogens with one attached hydrogen (secondary N) is 1. The van der Waals surface area contributed by atoms with Crippen LogP contribution in [0.5, 0.6) is 0 Å². The van der Waals surface area contributed by atoms with Crippen molar-refractivity contribution in [3.8, 4) is 0 Å². The predicted octanol–water partition coefficient (Wildman–Crippen LogP) is 3.42. The van der Waals surface area contributed by atoms with Crippen LogP contribution in [0.4, 0.5) is 0 Å². The van der Waals surface area contributed by atoms with Crippen LogP contribution in [0.3, 0.4) is 0 Å². The summed E-state index contributed by atoms with van der Waals surface area (Å²) in [6, 6.07) is 0.222. The highest BCUT2D eigenvalue weighted by Gasteiger charge is 2.42. The maximum atomic E-state index is 5.99. The lowest BCUT2D eigenvalue weighted by Gasteiger charge is -2.17. The third-order valence-corrected chi connectivity index (χ3v) is 4.86. The van der Waals surface area contributed by atoms with E-state index in [4.69, 9.17) is 4.42 Å². The monoisotopic (exact) mass is 263 g/mol. The first-order valence-corrected chi connectivity index (χ1v) is 7.88. The Morgan fingerprint density at radius 3 is 2.79 bits per heavy atom. The van der Waals surface area contributed by atoms with Crippen LogP contribution in [0.2, 0.25) is 0 Å². The molecule has 1 heterocycles. The molecule has 4 heteroatoms. The van der Waals surface area contributed by atoms with Crippen LogP contribution in [0.1, 0.15) is 76.1 Å². The van der Waals surface area contributed by atoms with Crippen LogP contribution < -0.4 is 5.32 Å². The Hall–Kier alpha value is -0.900. The Labute approximate surface area is 115 Å². The van der Waals surface area contributed by atoms with Crippen LogP contribution >= 0.6 is 0 Å². The Balaban J connectivity index is 1.68. The molecule has 0 amide bonds. The lowest BCUT2D eigenvalue weighted by molar-refractivity contribution is 0.315. The molecule has 2 fully saturated rings. The van der Waals surface area contributed by atoms with Crippen molar-refractivity contribution in [2.75, 3.05) is 6.54 Å². The smallest absolute Gasteiger partial charge is 0.233 e. The standard InChI is InChI=1S/C15H25N3O/c1-3-7-16-13(4-2)15-18-17-14(19-15)12-9-10-5-6-11(12)8-10/h10-13,16H,3-9H2,1-2H3. The van der Waals surface area contributed by atoms with Gasteiger partial charge in [0.15, 0.2) is 0 Å². The summed E-state index contributed by atoms with van der Waals surface area (Å²) in [5.74, 6) is 3.96. The van der Waals surface area contributed by atoms with Gasteiger partial charge in [0.1, 0.15) is 0 Å². The second-order valence-corrected chi connectivity index (χ2v) is 6.17. The van der Waals surface area contributed by atoms with Gasteiger partial charge in [0.25, 0.3) is 0 Å². The molecule has 4 unspecified atom stereocenters. The highest BCUT2D eigenvalue weighted by Crippen LogP contribution is 2.52. The van der Waals surface area contributed by atoms with E-state index in [1.165, 1.54) is 25.7 Å². The lowest BCUT2D eigenvalue weighted by Crippen LogP contribution is -2.21. The Morgan fingerprint density at radius 1 is 1.26 bits per heavy atom. The number of hydrogen-bond donors (Lipinski definition) is 1. The number of fused-ring (bicyclic) bond motifs is 2. The molecular weight excluding hydrogens is 238 g/mol. The number of hydrogen-bond acceptors (Lipinski definition) is 4. The van der Waals surface area contributed by atoms with Gasteiger partial charge in [-0.05, 0) is 50.5 Å². The Bertz CT molecular complexity index is 417. The summed E-state index contributed by atoms with van der Waals surface area (Å²) in [6.07, 6.45) is 7.55. The molecule has 0 aliphatic heterocycles. The maximum Gasteiger partial charge on any atom is 0.233 e. The summed E-state index contributed by atoms with van der Waals surface area (Å²) in [7, 11) is 0. The summed E-state index contributed by atoms with van der Waals surface area (Å²) >= 11 is 0. The van der Waals surface area contributed by atoms with Gasteiger partial charge in [-0.2, -0.15) is 0 Å². The first-order chi connectivity index (χ1) is 9.31. The van der Waals surface area contributed by atoms with E-state index in [9.17, 15) is 0 Å². The largest absolute Gasteiger partial charge is 0.423 e. The third-order valence-electron chi connectivity index (χ3n) is 4.86. The van der Waals surface area contributed by atoms with Crippen LogP contribution in [0.15, 0.2) is 4.42 Å². The maximum absolute atomic E-state index is 5.99. The van der Waals surface area contributed by atoms with Crippen molar-refractivity contribution in [2.45, 2.75) is 64.3 Å². The second-order valence-electron chi connectivity index (χ2n) is 6.17. The second kappa shape index (κ2) is 5.61. The summed E-state index contributed by atoms with van der Waals surface area (Å²) in [5.41, 5.74) is 0. The first-order valence-electron chi connectivity index (χ1n) is 7.88. The van der Waals surface area contributed by atoms with Gasteiger partial charge in [-0.3, -0.25) is 0 Å². The Morgan fingerprint density at radius 2 is 2.16 bits per heavy atom. The van der Waals surface area contributed by atoms with Crippen molar-refractivity contribution in [2.24, 2.45) is 11.8 Å². The molecule has 2 aliphatic carbocycles. The minimum absolute atomic E-state index is 0.222. The highest BCUT2D eigenvalue weighted by molar-refractivity contribution is 5.05. The van der Waals surface area contributed by atoms with Gasteiger partial charge >= 0.3 is 0 Å². The van der Waals surface area contributed by atoms with Crippen molar-refractivity contribution in [3.63, 3.8) is 0 Å². The van der Waals surface area contributed by atoms with Gasteiger partial charge in [-0.15, -0.1) is 10.2 Å². The lowest BCUT2D eigenvalue weighted by atomic mass is 9.89. The minimum atomic E-state index is 0.222. The van der Waals surface area contributed by atoms with Crippen LogP contribution in [0, 0.1) is 11.8 Å². The quantitative estimate of drug-likeness (QED) is 0.854. The van der Waals surface area contributed by atoms with E-state index < -0.39 is 0 Å². The molecule has 4 nitrogen and oxygen atoms in total. The molecule has 1 aromatic rings. The normalized spacial score (nSPS) is 30.9. The highest BCUT2D eigenvalue weighted by atomic mass is 16.4. The topological polar surface area (TPSA) is 51.0 Å². The van der Waals surface area contributed by atoms with Gasteiger partial charge in [-0.1, -0.05) is 20.3 Å². The van der Waals surface area contributed by atoms with Crippen molar-refractivity contribution in [3.05, 3.63) is 11.8 Å². The molecule has 106 valence electrons. The van der Waals surface area contributed by atoms with Gasteiger partial charge in [0.05, 0.1) is 6.04 Å². The van der Waals surface area contributed by atoms with Crippen molar-refractivity contribution < 1.29 is 4.42 Å². The average Bonchev–Trinajstić information content (AvgIpc) is 3.15. The predicted molar refractivity (Wildman–Crippen MR) is 73.8 cm³/mol. The molecular formula is C15H25N3O. The molecule has 4 atom stereocenters. The zero-order valence-electron chi connectivity index (χ0n) is 12.1. The average molecular weight is 263 g/mol. The molecule has 0 spiro atoms. The van der Waals surface area contributed by atoms with E-state index in [1.54, 1.807) is 0 Å². The molecule has 19 heavy (non-hydrogen) atoms. The number of aromatic nitrogens is 2. The minimum Gasteiger partial charge on any atom is -0.423 e. The first kappa shape index (κ1) is 13.1. The van der Waals surface area contributed by atoms with Crippen molar-refractivity contribution in [1.29, 1.82) is 0 Å². The van der Waals surface area contributed by atoms with Gasteiger partial charge in [-0.25, -0.2) is 0 Å². The molecule has 1 aromatic heterocycles. The molecule has 2 aliphatic rings. The van der Waals surface area contributed by atoms with Crippen molar-refractivity contribution >= 4 is 0 Å². The van der Waals surface area contributed by atoms with E-state index in [1.807, 2.05) is 0 Å². The summed E-state index contributed by atoms with van der Waals surface area (Å²) in [5, 5.41) is 12.1. The van der Waals surface area contributed by atoms with Crippen LogP contribution in [0.25, 0.3) is 0 Å². The van der Waals surface area contributed by atoms with Gasteiger partial charge < -0.3 is 9.73 Å². The third kappa shape index (κ3) is 2.55. The Kier molecular flexibility index (Phi) is 3.87. The molecule has 0 radical (unpaired) electrons. The summed E-state index contributed by atoms with van der Waals surface area (Å²) < 4.78 is 5.99. The summed E-state index contributed by atoms with van der Waals surface area (Å²) in [6.45, 7) is 5.34. The van der Waals surface area contributed by atoms with E-state index in [0.29, 0.717) is 5.92 Å². The molecule has 3 rings (SSSR count). The zero-order valence-corrected chi connectivity index (χ0v) is 12.1. The molecule has 0 aromatic carbocycles. The fourth-order valence-corrected chi connectivity index (χ4v) is 3.81. The van der Waals surface area contributed by atoms with E-state index >= 15 is 0 Å².